The Balaban J connectivity index is 1.60. The second-order valence-electron chi connectivity index (χ2n) is 6.30. The van der Waals surface area contributed by atoms with E-state index < -0.39 is 0 Å². The van der Waals surface area contributed by atoms with Crippen molar-refractivity contribution in [3.63, 3.8) is 0 Å². The van der Waals surface area contributed by atoms with Crippen molar-refractivity contribution in [3.05, 3.63) is 36.5 Å². The molecule has 1 aliphatic heterocycles. The predicted octanol–water partition coefficient (Wildman–Crippen LogP) is 2.46. The third kappa shape index (κ3) is 5.09. The highest BCUT2D eigenvalue weighted by Gasteiger charge is 2.23. The molecule has 3 rings (SSSR count). The highest BCUT2D eigenvalue weighted by atomic mass is 16.6. The van der Waals surface area contributed by atoms with Gasteiger partial charge in [0.25, 0.3) is 0 Å². The van der Waals surface area contributed by atoms with E-state index in [9.17, 15) is 9.59 Å². The van der Waals surface area contributed by atoms with E-state index in [1.165, 1.54) is 6.92 Å². The van der Waals surface area contributed by atoms with Crippen LogP contribution in [0, 0.1) is 0 Å². The van der Waals surface area contributed by atoms with Crippen LogP contribution in [0.5, 0.6) is 0 Å². The highest BCUT2D eigenvalue weighted by Crippen LogP contribution is 2.19. The number of hydrogen-bond donors (Lipinski definition) is 2. The SMILES string of the molecule is CCOC(=O)N1CCN(c2nccc(Nc3ccc(NC(C)=O)cc3)n2)CC1. The Kier molecular flexibility index (Phi) is 6.25. The van der Waals surface area contributed by atoms with E-state index in [2.05, 4.69) is 20.6 Å². The molecule has 2 amide bonds. The zero-order chi connectivity index (χ0) is 19.9. The van der Waals surface area contributed by atoms with Crippen molar-refractivity contribution in [2.75, 3.05) is 48.3 Å². The fourth-order valence-electron chi connectivity index (χ4n) is 2.86. The molecule has 1 saturated heterocycles. The molecule has 2 N–H and O–H groups in total. The average Bonchev–Trinajstić information content (AvgIpc) is 2.70. The Morgan fingerprint density at radius 1 is 1.07 bits per heavy atom. The zero-order valence-electron chi connectivity index (χ0n) is 16.0. The molecular weight excluding hydrogens is 360 g/mol. The summed E-state index contributed by atoms with van der Waals surface area (Å²) in [6, 6.07) is 9.16. The molecule has 1 aromatic heterocycles. The van der Waals surface area contributed by atoms with Gasteiger partial charge in [0, 0.05) is 50.7 Å². The molecule has 1 fully saturated rings. The van der Waals surface area contributed by atoms with Gasteiger partial charge in [0.1, 0.15) is 5.82 Å². The first-order valence-electron chi connectivity index (χ1n) is 9.19. The van der Waals surface area contributed by atoms with Crippen LogP contribution in [-0.2, 0) is 9.53 Å². The van der Waals surface area contributed by atoms with Crippen LogP contribution in [0.15, 0.2) is 36.5 Å². The lowest BCUT2D eigenvalue weighted by Gasteiger charge is -2.34. The molecule has 148 valence electrons. The van der Waals surface area contributed by atoms with Crippen molar-refractivity contribution in [1.29, 1.82) is 0 Å². The molecule has 0 radical (unpaired) electrons. The van der Waals surface area contributed by atoms with E-state index in [1.54, 1.807) is 24.1 Å². The molecule has 28 heavy (non-hydrogen) atoms. The lowest BCUT2D eigenvalue weighted by molar-refractivity contribution is -0.114. The molecule has 1 aliphatic rings. The predicted molar refractivity (Wildman–Crippen MR) is 107 cm³/mol. The van der Waals surface area contributed by atoms with Crippen molar-refractivity contribution < 1.29 is 14.3 Å². The van der Waals surface area contributed by atoms with E-state index in [0.29, 0.717) is 44.6 Å². The maximum absolute atomic E-state index is 11.8. The van der Waals surface area contributed by atoms with Gasteiger partial charge in [0.15, 0.2) is 0 Å². The molecule has 0 atom stereocenters. The minimum atomic E-state index is -0.277. The lowest BCUT2D eigenvalue weighted by atomic mass is 10.2. The lowest BCUT2D eigenvalue weighted by Crippen LogP contribution is -2.49. The summed E-state index contributed by atoms with van der Waals surface area (Å²) >= 11 is 0. The van der Waals surface area contributed by atoms with Crippen LogP contribution in [0.4, 0.5) is 27.9 Å². The summed E-state index contributed by atoms with van der Waals surface area (Å²) in [7, 11) is 0. The number of nitrogens with zero attached hydrogens (tertiary/aromatic N) is 4. The van der Waals surface area contributed by atoms with Crippen LogP contribution < -0.4 is 15.5 Å². The molecular formula is C19H24N6O3. The summed E-state index contributed by atoms with van der Waals surface area (Å²) < 4.78 is 5.04. The number of rotatable bonds is 5. The van der Waals surface area contributed by atoms with Gasteiger partial charge in [0.2, 0.25) is 11.9 Å². The summed E-state index contributed by atoms with van der Waals surface area (Å²) in [5.41, 5.74) is 1.59. The topological polar surface area (TPSA) is 99.7 Å². The summed E-state index contributed by atoms with van der Waals surface area (Å²) in [5.74, 6) is 1.18. The van der Waals surface area contributed by atoms with Gasteiger partial charge in [-0.3, -0.25) is 4.79 Å². The molecule has 0 unspecified atom stereocenters. The molecule has 0 spiro atoms. The van der Waals surface area contributed by atoms with Crippen molar-refractivity contribution in [1.82, 2.24) is 14.9 Å². The van der Waals surface area contributed by atoms with Crippen molar-refractivity contribution in [2.24, 2.45) is 0 Å². The summed E-state index contributed by atoms with van der Waals surface area (Å²) in [5, 5.41) is 5.96. The monoisotopic (exact) mass is 384 g/mol. The molecule has 0 aliphatic carbocycles. The Labute approximate surface area is 163 Å². The number of ether oxygens (including phenoxy) is 1. The minimum Gasteiger partial charge on any atom is -0.450 e. The number of aromatic nitrogens is 2. The van der Waals surface area contributed by atoms with Crippen molar-refractivity contribution in [2.45, 2.75) is 13.8 Å². The number of benzene rings is 1. The number of anilines is 4. The average molecular weight is 384 g/mol. The maximum Gasteiger partial charge on any atom is 0.409 e. The van der Waals surface area contributed by atoms with E-state index >= 15 is 0 Å². The zero-order valence-corrected chi connectivity index (χ0v) is 16.0. The van der Waals surface area contributed by atoms with Gasteiger partial charge < -0.3 is 25.2 Å². The van der Waals surface area contributed by atoms with Crippen LogP contribution in [0.1, 0.15) is 13.8 Å². The van der Waals surface area contributed by atoms with Crippen LogP contribution >= 0.6 is 0 Å². The van der Waals surface area contributed by atoms with Gasteiger partial charge in [-0.2, -0.15) is 4.98 Å². The first kappa shape index (κ1) is 19.4. The Bertz CT molecular complexity index is 819. The summed E-state index contributed by atoms with van der Waals surface area (Å²) in [4.78, 5) is 35.5. The van der Waals surface area contributed by atoms with Gasteiger partial charge in [-0.1, -0.05) is 0 Å². The van der Waals surface area contributed by atoms with Crippen LogP contribution in [0.3, 0.4) is 0 Å². The van der Waals surface area contributed by atoms with Gasteiger partial charge in [0.05, 0.1) is 6.61 Å². The summed E-state index contributed by atoms with van der Waals surface area (Å²) in [6.45, 7) is 6.09. The van der Waals surface area contributed by atoms with Gasteiger partial charge in [-0.25, -0.2) is 9.78 Å². The van der Waals surface area contributed by atoms with E-state index in [1.807, 2.05) is 29.2 Å². The number of carbonyl (C=O) groups excluding carboxylic acids is 2. The number of carbonyl (C=O) groups is 2. The third-order valence-electron chi connectivity index (χ3n) is 4.21. The minimum absolute atomic E-state index is 0.107. The molecule has 0 bridgehead atoms. The Morgan fingerprint density at radius 2 is 1.75 bits per heavy atom. The molecule has 9 nitrogen and oxygen atoms in total. The molecule has 9 heteroatoms. The maximum atomic E-state index is 11.8. The van der Waals surface area contributed by atoms with Crippen LogP contribution in [-0.4, -0.2) is 59.7 Å². The van der Waals surface area contributed by atoms with E-state index in [-0.39, 0.29) is 12.0 Å². The first-order valence-corrected chi connectivity index (χ1v) is 9.19. The smallest absolute Gasteiger partial charge is 0.409 e. The van der Waals surface area contributed by atoms with Crippen molar-refractivity contribution >= 4 is 35.1 Å². The van der Waals surface area contributed by atoms with E-state index in [0.717, 1.165) is 11.4 Å². The second-order valence-corrected chi connectivity index (χ2v) is 6.30. The number of amides is 2. The largest absolute Gasteiger partial charge is 0.450 e. The normalized spacial score (nSPS) is 13.8. The van der Waals surface area contributed by atoms with Gasteiger partial charge >= 0.3 is 6.09 Å². The van der Waals surface area contributed by atoms with Gasteiger partial charge in [-0.15, -0.1) is 0 Å². The molecule has 1 aromatic carbocycles. The standard InChI is InChI=1S/C19H24N6O3/c1-3-28-19(27)25-12-10-24(11-13-25)18-20-9-8-17(23-18)22-16-6-4-15(5-7-16)21-14(2)26/h4-9H,3,10-13H2,1-2H3,(H,21,26)(H,20,22,23). The number of piperazine rings is 1. The highest BCUT2D eigenvalue weighted by molar-refractivity contribution is 5.88. The van der Waals surface area contributed by atoms with Gasteiger partial charge in [-0.05, 0) is 37.3 Å². The van der Waals surface area contributed by atoms with Crippen LogP contribution in [0.2, 0.25) is 0 Å². The Hall–Kier alpha value is -3.36. The third-order valence-corrected chi connectivity index (χ3v) is 4.21. The number of hydrogen-bond acceptors (Lipinski definition) is 7. The number of nitrogens with one attached hydrogen (secondary N) is 2. The van der Waals surface area contributed by atoms with Crippen LogP contribution in [0.25, 0.3) is 0 Å². The Morgan fingerprint density at radius 3 is 2.39 bits per heavy atom. The van der Waals surface area contributed by atoms with Crippen molar-refractivity contribution in [3.8, 4) is 0 Å². The quantitative estimate of drug-likeness (QED) is 0.817. The van der Waals surface area contributed by atoms with E-state index in [4.69, 9.17) is 4.74 Å². The second kappa shape index (κ2) is 9.03. The molecule has 2 aromatic rings. The molecule has 0 saturated carbocycles. The summed E-state index contributed by atoms with van der Waals surface area (Å²) in [6.07, 6.45) is 1.43. The fourth-order valence-corrected chi connectivity index (χ4v) is 2.86. The fraction of sp³-hybridized carbons (Fsp3) is 0.368. The first-order chi connectivity index (χ1) is 13.5. The molecule has 2 heterocycles.